The minimum absolute atomic E-state index is 0.0719. The van der Waals surface area contributed by atoms with Crippen LogP contribution < -0.4 is 15.4 Å². The van der Waals surface area contributed by atoms with Gasteiger partial charge >= 0.3 is 0 Å². The Bertz CT molecular complexity index is 1520. The van der Waals surface area contributed by atoms with Gasteiger partial charge in [0.2, 0.25) is 0 Å². The van der Waals surface area contributed by atoms with Crippen LogP contribution in [0.1, 0.15) is 64.1 Å². The number of hydrogen-bond acceptors (Lipinski definition) is 5. The van der Waals surface area contributed by atoms with Crippen LogP contribution in [0.25, 0.3) is 0 Å². The lowest BCUT2D eigenvalue weighted by Crippen LogP contribution is -2.50. The van der Waals surface area contributed by atoms with Gasteiger partial charge in [-0.3, -0.25) is 19.8 Å². The van der Waals surface area contributed by atoms with Crippen LogP contribution in [0.3, 0.4) is 0 Å². The number of carbonyl (C=O) groups is 2. The number of carbonyl (C=O) groups excluding carboxylic acids is 2. The summed E-state index contributed by atoms with van der Waals surface area (Å²) in [7, 11) is 0. The highest BCUT2D eigenvalue weighted by atomic mass is 32.1. The van der Waals surface area contributed by atoms with Gasteiger partial charge < -0.3 is 15.0 Å². The van der Waals surface area contributed by atoms with Crippen LogP contribution in [0.4, 0.5) is 5.69 Å². The smallest absolute Gasteiger partial charge is 0.257 e. The monoisotopic (exact) mass is 620 g/mol. The molecule has 0 radical (unpaired) electrons. The first-order valence-electron chi connectivity index (χ1n) is 15.6. The Hall–Kier alpha value is -4.53. The molecule has 0 atom stereocenters. The van der Waals surface area contributed by atoms with E-state index in [1.165, 1.54) is 11.1 Å². The molecule has 0 aliphatic carbocycles. The number of amides is 2. The number of anilines is 1. The number of piperazine rings is 1. The lowest BCUT2D eigenvalue weighted by molar-refractivity contribution is 0.0598. The highest BCUT2D eigenvalue weighted by Gasteiger charge is 2.29. The molecular formula is C37H40N4O3S. The van der Waals surface area contributed by atoms with Gasteiger partial charge in [0.15, 0.2) is 5.11 Å². The normalized spacial score (nSPS) is 13.3. The number of thiocarbonyl (C=S) groups is 1. The van der Waals surface area contributed by atoms with E-state index < -0.39 is 0 Å². The van der Waals surface area contributed by atoms with Crippen molar-refractivity contribution in [2.24, 2.45) is 0 Å². The molecule has 1 saturated heterocycles. The summed E-state index contributed by atoms with van der Waals surface area (Å²) >= 11 is 5.46. The van der Waals surface area contributed by atoms with E-state index in [1.807, 2.05) is 29.2 Å². The Balaban J connectivity index is 1.18. The summed E-state index contributed by atoms with van der Waals surface area (Å²) in [5.41, 5.74) is 4.00. The molecule has 2 amide bonds. The second-order valence-electron chi connectivity index (χ2n) is 11.1. The first-order chi connectivity index (χ1) is 22.0. The van der Waals surface area contributed by atoms with Crippen molar-refractivity contribution in [1.29, 1.82) is 0 Å². The van der Waals surface area contributed by atoms with E-state index >= 15 is 0 Å². The number of para-hydroxylation sites is 1. The van der Waals surface area contributed by atoms with Crippen LogP contribution in [0.5, 0.6) is 5.75 Å². The molecule has 1 aliphatic heterocycles. The van der Waals surface area contributed by atoms with Gasteiger partial charge in [0.05, 0.1) is 23.9 Å². The fourth-order valence-corrected chi connectivity index (χ4v) is 5.79. The van der Waals surface area contributed by atoms with E-state index in [0.29, 0.717) is 36.5 Å². The van der Waals surface area contributed by atoms with Crippen molar-refractivity contribution in [2.75, 3.05) is 38.1 Å². The maximum atomic E-state index is 13.7. The average Bonchev–Trinajstić information content (AvgIpc) is 3.08. The van der Waals surface area contributed by atoms with Crippen LogP contribution in [0.2, 0.25) is 0 Å². The van der Waals surface area contributed by atoms with Crippen molar-refractivity contribution < 1.29 is 14.3 Å². The van der Waals surface area contributed by atoms with Gasteiger partial charge in [-0.15, -0.1) is 0 Å². The zero-order valence-electron chi connectivity index (χ0n) is 25.7. The summed E-state index contributed by atoms with van der Waals surface area (Å²) < 4.78 is 5.74. The van der Waals surface area contributed by atoms with Crippen molar-refractivity contribution in [1.82, 2.24) is 15.1 Å². The van der Waals surface area contributed by atoms with Crippen molar-refractivity contribution >= 4 is 34.8 Å². The Morgan fingerprint density at radius 3 is 2.00 bits per heavy atom. The van der Waals surface area contributed by atoms with Gasteiger partial charge in [-0.2, -0.15) is 0 Å². The molecule has 7 nitrogen and oxygen atoms in total. The molecule has 45 heavy (non-hydrogen) atoms. The molecule has 1 aliphatic rings. The predicted molar refractivity (Wildman–Crippen MR) is 184 cm³/mol. The first-order valence-corrected chi connectivity index (χ1v) is 16.0. The number of nitrogens with one attached hydrogen (secondary N) is 2. The summed E-state index contributed by atoms with van der Waals surface area (Å²) in [5, 5.41) is 5.92. The van der Waals surface area contributed by atoms with Crippen molar-refractivity contribution in [3.8, 4) is 5.75 Å². The largest absolute Gasteiger partial charge is 0.494 e. The predicted octanol–water partition coefficient (Wildman–Crippen LogP) is 6.93. The highest BCUT2D eigenvalue weighted by molar-refractivity contribution is 7.80. The fourth-order valence-electron chi connectivity index (χ4n) is 5.59. The van der Waals surface area contributed by atoms with Crippen LogP contribution in [0, 0.1) is 0 Å². The fraction of sp³-hybridized carbons (Fsp3) is 0.270. The topological polar surface area (TPSA) is 73.9 Å². The average molecular weight is 621 g/mol. The zero-order valence-corrected chi connectivity index (χ0v) is 26.5. The minimum atomic E-state index is -0.337. The summed E-state index contributed by atoms with van der Waals surface area (Å²) in [6.45, 7) is 5.49. The van der Waals surface area contributed by atoms with E-state index in [1.54, 1.807) is 36.4 Å². The van der Waals surface area contributed by atoms with Crippen molar-refractivity contribution in [2.45, 2.75) is 32.2 Å². The number of benzene rings is 4. The zero-order chi connectivity index (χ0) is 31.4. The number of ether oxygens (including phenoxy) is 1. The van der Waals surface area contributed by atoms with Crippen LogP contribution >= 0.6 is 12.2 Å². The van der Waals surface area contributed by atoms with Crippen LogP contribution in [-0.4, -0.2) is 59.5 Å². The third kappa shape index (κ3) is 8.56. The Morgan fingerprint density at radius 2 is 1.38 bits per heavy atom. The van der Waals surface area contributed by atoms with Crippen molar-refractivity contribution in [3.05, 3.63) is 131 Å². The number of unbranched alkanes of at least 4 members (excludes halogenated alkanes) is 2. The molecule has 1 heterocycles. The first kappa shape index (κ1) is 31.9. The molecular weight excluding hydrogens is 580 g/mol. The SMILES string of the molecule is CCCCCOc1ccc(C(=O)NC(=S)Nc2ccccc2C(=O)N2CCN(C(c3ccccc3)c3ccccc3)CC2)cc1. The number of nitrogens with zero attached hydrogens (tertiary/aromatic N) is 2. The molecule has 0 aromatic heterocycles. The Labute approximate surface area is 271 Å². The summed E-state index contributed by atoms with van der Waals surface area (Å²) in [6, 6.07) is 35.4. The van der Waals surface area contributed by atoms with Crippen LogP contribution in [0.15, 0.2) is 109 Å². The van der Waals surface area contributed by atoms with Gasteiger partial charge in [-0.05, 0) is 66.2 Å². The van der Waals surface area contributed by atoms with Gasteiger partial charge in [0, 0.05) is 31.7 Å². The van der Waals surface area contributed by atoms with Gasteiger partial charge in [0.25, 0.3) is 11.8 Å². The lowest BCUT2D eigenvalue weighted by Gasteiger charge is -2.40. The highest BCUT2D eigenvalue weighted by Crippen LogP contribution is 2.30. The van der Waals surface area contributed by atoms with E-state index in [2.05, 4.69) is 71.0 Å². The molecule has 0 bridgehead atoms. The third-order valence-electron chi connectivity index (χ3n) is 7.96. The summed E-state index contributed by atoms with van der Waals surface area (Å²) in [5.74, 6) is 0.320. The maximum Gasteiger partial charge on any atom is 0.257 e. The second kappa shape index (κ2) is 16.0. The quantitative estimate of drug-likeness (QED) is 0.140. The minimum Gasteiger partial charge on any atom is -0.494 e. The van der Waals surface area contributed by atoms with E-state index in [4.69, 9.17) is 17.0 Å². The number of rotatable bonds is 11. The maximum absolute atomic E-state index is 13.7. The van der Waals surface area contributed by atoms with Gasteiger partial charge in [0.1, 0.15) is 5.75 Å². The molecule has 232 valence electrons. The molecule has 4 aromatic carbocycles. The van der Waals surface area contributed by atoms with E-state index in [-0.39, 0.29) is 23.0 Å². The molecule has 1 fully saturated rings. The van der Waals surface area contributed by atoms with E-state index in [0.717, 1.165) is 38.1 Å². The van der Waals surface area contributed by atoms with E-state index in [9.17, 15) is 9.59 Å². The summed E-state index contributed by atoms with van der Waals surface area (Å²) in [4.78, 5) is 30.9. The van der Waals surface area contributed by atoms with Gasteiger partial charge in [-0.25, -0.2) is 0 Å². The molecule has 5 rings (SSSR count). The van der Waals surface area contributed by atoms with Crippen LogP contribution in [-0.2, 0) is 0 Å². The molecule has 2 N–H and O–H groups in total. The summed E-state index contributed by atoms with van der Waals surface area (Å²) in [6.07, 6.45) is 3.26. The number of hydrogen-bond donors (Lipinski definition) is 2. The van der Waals surface area contributed by atoms with Crippen molar-refractivity contribution in [3.63, 3.8) is 0 Å². The molecule has 0 unspecified atom stereocenters. The molecule has 0 spiro atoms. The standard InChI is InChI=1S/C37H40N4O3S/c1-2-3-12-27-44-31-21-19-30(20-22-31)35(42)39-37(45)38-33-18-11-10-17-32(33)36(43)41-25-23-40(24-26-41)34(28-13-6-4-7-14-28)29-15-8-5-9-16-29/h4-11,13-22,34H,2-3,12,23-27H2,1H3,(H2,38,39,42,45). The molecule has 4 aromatic rings. The molecule has 8 heteroatoms. The Morgan fingerprint density at radius 1 is 0.778 bits per heavy atom. The Kier molecular flexibility index (Phi) is 11.3. The second-order valence-corrected chi connectivity index (χ2v) is 11.5. The third-order valence-corrected chi connectivity index (χ3v) is 8.17. The lowest BCUT2D eigenvalue weighted by atomic mass is 9.96. The molecule has 0 saturated carbocycles. The van der Waals surface area contributed by atoms with Gasteiger partial charge in [-0.1, -0.05) is 92.6 Å².